The van der Waals surface area contributed by atoms with Gasteiger partial charge in [0.25, 0.3) is 5.91 Å². The first kappa shape index (κ1) is 19.7. The van der Waals surface area contributed by atoms with Gasteiger partial charge in [0, 0.05) is 12.1 Å². The number of thiophene rings is 1. The molecule has 6 nitrogen and oxygen atoms in total. The zero-order valence-electron chi connectivity index (χ0n) is 14.7. The molecule has 7 heteroatoms. The molecule has 1 heterocycles. The van der Waals surface area contributed by atoms with Crippen LogP contribution in [0.3, 0.4) is 0 Å². The molecule has 1 amide bonds. The number of nitrogens with one attached hydrogen (secondary N) is 1. The molecule has 0 fully saturated rings. The second-order valence-electron chi connectivity index (χ2n) is 5.48. The number of rotatable bonds is 9. The first-order chi connectivity index (χ1) is 12.5. The van der Waals surface area contributed by atoms with Crippen molar-refractivity contribution in [2.45, 2.75) is 32.8 Å². The lowest BCUT2D eigenvalue weighted by molar-refractivity contribution is -0.153. The SMILES string of the molecule is CCOc1ccc(NC(=O)C(C)OC(=O)CCC(=O)c2cccs2)cc1. The lowest BCUT2D eigenvalue weighted by Gasteiger charge is -2.13. The van der Waals surface area contributed by atoms with Crippen molar-refractivity contribution in [2.75, 3.05) is 11.9 Å². The van der Waals surface area contributed by atoms with E-state index < -0.39 is 18.0 Å². The Morgan fingerprint density at radius 2 is 1.85 bits per heavy atom. The van der Waals surface area contributed by atoms with E-state index in [4.69, 9.17) is 9.47 Å². The van der Waals surface area contributed by atoms with Gasteiger partial charge in [0.15, 0.2) is 11.9 Å². The highest BCUT2D eigenvalue weighted by Crippen LogP contribution is 2.16. The van der Waals surface area contributed by atoms with Gasteiger partial charge in [-0.3, -0.25) is 14.4 Å². The summed E-state index contributed by atoms with van der Waals surface area (Å²) >= 11 is 1.33. The summed E-state index contributed by atoms with van der Waals surface area (Å²) in [6, 6.07) is 10.4. The fraction of sp³-hybridized carbons (Fsp3) is 0.316. The summed E-state index contributed by atoms with van der Waals surface area (Å²) < 4.78 is 10.4. The molecule has 0 aliphatic rings. The van der Waals surface area contributed by atoms with Crippen LogP contribution >= 0.6 is 11.3 Å². The molecule has 2 aromatic rings. The monoisotopic (exact) mass is 375 g/mol. The molecule has 1 N–H and O–H groups in total. The Labute approximate surface area is 156 Å². The van der Waals surface area contributed by atoms with Gasteiger partial charge in [0.05, 0.1) is 17.9 Å². The zero-order valence-corrected chi connectivity index (χ0v) is 15.5. The van der Waals surface area contributed by atoms with Gasteiger partial charge in [-0.15, -0.1) is 11.3 Å². The minimum Gasteiger partial charge on any atom is -0.494 e. The average molecular weight is 375 g/mol. The molecular weight excluding hydrogens is 354 g/mol. The fourth-order valence-electron chi connectivity index (χ4n) is 2.13. The maximum Gasteiger partial charge on any atom is 0.307 e. The Morgan fingerprint density at radius 3 is 2.46 bits per heavy atom. The standard InChI is InChI=1S/C19H21NO5S/c1-3-24-15-8-6-14(7-9-15)20-19(23)13(2)25-18(22)11-10-16(21)17-5-4-12-26-17/h4-9,12-13H,3,10-11H2,1-2H3,(H,20,23). The molecule has 0 bridgehead atoms. The number of carbonyl (C=O) groups excluding carboxylic acids is 3. The second-order valence-corrected chi connectivity index (χ2v) is 6.43. The summed E-state index contributed by atoms with van der Waals surface area (Å²) in [7, 11) is 0. The van der Waals surface area contributed by atoms with E-state index in [1.165, 1.54) is 18.3 Å². The molecule has 2 rings (SSSR count). The van der Waals surface area contributed by atoms with E-state index in [1.807, 2.05) is 6.92 Å². The first-order valence-corrected chi connectivity index (χ1v) is 9.17. The Balaban J connectivity index is 1.76. The number of carbonyl (C=O) groups is 3. The van der Waals surface area contributed by atoms with Crippen molar-refractivity contribution in [1.82, 2.24) is 0 Å². The molecule has 0 radical (unpaired) electrons. The van der Waals surface area contributed by atoms with Crippen LogP contribution in [-0.2, 0) is 14.3 Å². The lowest BCUT2D eigenvalue weighted by Crippen LogP contribution is -2.30. The minimum atomic E-state index is -0.953. The predicted octanol–water partition coefficient (Wildman–Crippen LogP) is 3.68. The van der Waals surface area contributed by atoms with Crippen molar-refractivity contribution < 1.29 is 23.9 Å². The van der Waals surface area contributed by atoms with Crippen LogP contribution in [0.1, 0.15) is 36.4 Å². The molecule has 0 saturated heterocycles. The maximum absolute atomic E-state index is 12.1. The Kier molecular flexibility index (Phi) is 7.35. The molecule has 0 aliphatic carbocycles. The highest BCUT2D eigenvalue weighted by atomic mass is 32.1. The zero-order chi connectivity index (χ0) is 18.9. The average Bonchev–Trinajstić information content (AvgIpc) is 3.16. The van der Waals surface area contributed by atoms with Crippen LogP contribution < -0.4 is 10.1 Å². The fourth-order valence-corrected chi connectivity index (χ4v) is 2.83. The van der Waals surface area contributed by atoms with E-state index in [1.54, 1.807) is 41.8 Å². The largest absolute Gasteiger partial charge is 0.494 e. The third-order valence-electron chi connectivity index (χ3n) is 3.46. The van der Waals surface area contributed by atoms with Gasteiger partial charge in [-0.25, -0.2) is 0 Å². The van der Waals surface area contributed by atoms with E-state index in [0.29, 0.717) is 22.9 Å². The van der Waals surface area contributed by atoms with Gasteiger partial charge in [0.1, 0.15) is 5.75 Å². The summed E-state index contributed by atoms with van der Waals surface area (Å²) in [4.78, 5) is 36.4. The number of Topliss-reactive ketones (excluding diaryl/α,β-unsaturated/α-hetero) is 1. The summed E-state index contributed by atoms with van der Waals surface area (Å²) in [5.74, 6) is -0.417. The molecule has 1 aromatic carbocycles. The van der Waals surface area contributed by atoms with Gasteiger partial charge in [-0.05, 0) is 49.6 Å². The van der Waals surface area contributed by atoms with Crippen molar-refractivity contribution in [3.8, 4) is 5.75 Å². The van der Waals surface area contributed by atoms with E-state index in [9.17, 15) is 14.4 Å². The Morgan fingerprint density at radius 1 is 1.12 bits per heavy atom. The van der Waals surface area contributed by atoms with Gasteiger partial charge < -0.3 is 14.8 Å². The van der Waals surface area contributed by atoms with E-state index in [2.05, 4.69) is 5.32 Å². The van der Waals surface area contributed by atoms with Crippen molar-refractivity contribution in [2.24, 2.45) is 0 Å². The van der Waals surface area contributed by atoms with Crippen molar-refractivity contribution in [1.29, 1.82) is 0 Å². The smallest absolute Gasteiger partial charge is 0.307 e. The highest BCUT2D eigenvalue weighted by Gasteiger charge is 2.19. The first-order valence-electron chi connectivity index (χ1n) is 8.29. The van der Waals surface area contributed by atoms with Crippen molar-refractivity contribution >= 4 is 34.7 Å². The minimum absolute atomic E-state index is 0.0581. The molecular formula is C19H21NO5S. The topological polar surface area (TPSA) is 81.7 Å². The number of anilines is 1. The lowest BCUT2D eigenvalue weighted by atomic mass is 10.2. The number of amides is 1. The maximum atomic E-state index is 12.1. The Hall–Kier alpha value is -2.67. The predicted molar refractivity (Wildman–Crippen MR) is 99.7 cm³/mol. The molecule has 0 spiro atoms. The van der Waals surface area contributed by atoms with Crippen LogP contribution in [0, 0.1) is 0 Å². The summed E-state index contributed by atoms with van der Waals surface area (Å²) in [6.45, 7) is 3.94. The third kappa shape index (κ3) is 6.00. The second kappa shape index (κ2) is 9.72. The summed E-state index contributed by atoms with van der Waals surface area (Å²) in [5, 5.41) is 4.47. The summed E-state index contributed by atoms with van der Waals surface area (Å²) in [5.41, 5.74) is 0.578. The number of hydrogen-bond donors (Lipinski definition) is 1. The molecule has 0 saturated carbocycles. The highest BCUT2D eigenvalue weighted by molar-refractivity contribution is 7.12. The molecule has 0 aliphatic heterocycles. The van der Waals surface area contributed by atoms with Crippen LogP contribution in [0.25, 0.3) is 0 Å². The number of esters is 1. The number of ether oxygens (including phenoxy) is 2. The van der Waals surface area contributed by atoms with Crippen molar-refractivity contribution in [3.05, 3.63) is 46.7 Å². The molecule has 1 atom stereocenters. The number of ketones is 1. The number of benzene rings is 1. The van der Waals surface area contributed by atoms with Crippen LogP contribution in [0.2, 0.25) is 0 Å². The quantitative estimate of drug-likeness (QED) is 0.534. The third-order valence-corrected chi connectivity index (χ3v) is 4.37. The molecule has 26 heavy (non-hydrogen) atoms. The number of hydrogen-bond acceptors (Lipinski definition) is 6. The van der Waals surface area contributed by atoms with Gasteiger partial charge in [-0.2, -0.15) is 0 Å². The van der Waals surface area contributed by atoms with E-state index in [-0.39, 0.29) is 18.6 Å². The van der Waals surface area contributed by atoms with Gasteiger partial charge in [-0.1, -0.05) is 6.07 Å². The van der Waals surface area contributed by atoms with Gasteiger partial charge >= 0.3 is 5.97 Å². The van der Waals surface area contributed by atoms with Crippen LogP contribution in [0.5, 0.6) is 5.75 Å². The van der Waals surface area contributed by atoms with Crippen LogP contribution in [0.4, 0.5) is 5.69 Å². The molecule has 1 aromatic heterocycles. The molecule has 1 unspecified atom stereocenters. The molecule has 138 valence electrons. The van der Waals surface area contributed by atoms with E-state index in [0.717, 1.165) is 0 Å². The van der Waals surface area contributed by atoms with Crippen molar-refractivity contribution in [3.63, 3.8) is 0 Å². The van der Waals surface area contributed by atoms with Crippen LogP contribution in [0.15, 0.2) is 41.8 Å². The normalized spacial score (nSPS) is 11.5. The Bertz CT molecular complexity index is 740. The van der Waals surface area contributed by atoms with Gasteiger partial charge in [0.2, 0.25) is 0 Å². The van der Waals surface area contributed by atoms with Crippen LogP contribution in [-0.4, -0.2) is 30.4 Å². The van der Waals surface area contributed by atoms with E-state index >= 15 is 0 Å². The summed E-state index contributed by atoms with van der Waals surface area (Å²) in [6.07, 6.45) is -0.949.